The Morgan fingerprint density at radius 2 is 1.68 bits per heavy atom. The van der Waals surface area contributed by atoms with E-state index >= 15 is 4.39 Å². The van der Waals surface area contributed by atoms with Crippen LogP contribution < -0.4 is 0 Å². The predicted molar refractivity (Wildman–Crippen MR) is 115 cm³/mol. The molecule has 0 saturated carbocycles. The van der Waals surface area contributed by atoms with Crippen LogP contribution in [0.2, 0.25) is 0 Å². The summed E-state index contributed by atoms with van der Waals surface area (Å²) in [6, 6.07) is 12.7. The van der Waals surface area contributed by atoms with Crippen molar-refractivity contribution in [2.45, 2.75) is 0 Å². The van der Waals surface area contributed by atoms with E-state index in [4.69, 9.17) is 4.98 Å². The van der Waals surface area contributed by atoms with Crippen molar-refractivity contribution < 1.29 is 4.39 Å². The zero-order chi connectivity index (χ0) is 20.8. The highest BCUT2D eigenvalue weighted by atomic mass is 19.1. The second kappa shape index (κ2) is 6.81. The van der Waals surface area contributed by atoms with Gasteiger partial charge in [-0.15, -0.1) is 0 Å². The van der Waals surface area contributed by atoms with E-state index in [1.807, 2.05) is 30.3 Å². The number of rotatable bonds is 3. The van der Waals surface area contributed by atoms with Crippen molar-refractivity contribution in [3.63, 3.8) is 0 Å². The molecular weight excluding hydrogens is 393 g/mol. The number of H-pyrrole nitrogens is 2. The first kappa shape index (κ1) is 17.4. The lowest BCUT2D eigenvalue weighted by atomic mass is 10.0. The van der Waals surface area contributed by atoms with Gasteiger partial charge < -0.3 is 4.98 Å². The summed E-state index contributed by atoms with van der Waals surface area (Å²) in [7, 11) is 0. The second-order valence-electron chi connectivity index (χ2n) is 7.04. The van der Waals surface area contributed by atoms with E-state index in [0.29, 0.717) is 39.1 Å². The van der Waals surface area contributed by atoms with Crippen LogP contribution in [-0.4, -0.2) is 35.1 Å². The van der Waals surface area contributed by atoms with Gasteiger partial charge in [-0.25, -0.2) is 9.37 Å². The Balaban J connectivity index is 1.56. The maximum absolute atomic E-state index is 15.6. The topological polar surface area (TPSA) is 96.0 Å². The molecule has 5 aromatic heterocycles. The number of aromatic nitrogens is 7. The summed E-state index contributed by atoms with van der Waals surface area (Å²) in [4.78, 5) is 20.6. The number of hydrogen-bond donors (Lipinski definition) is 2. The molecule has 0 aliphatic heterocycles. The number of halogens is 1. The molecular formula is C23H14FN7. The zero-order valence-corrected chi connectivity index (χ0v) is 16.0. The van der Waals surface area contributed by atoms with E-state index < -0.39 is 0 Å². The van der Waals surface area contributed by atoms with Crippen LogP contribution in [0.1, 0.15) is 0 Å². The quantitative estimate of drug-likeness (QED) is 0.441. The highest BCUT2D eigenvalue weighted by Crippen LogP contribution is 2.34. The van der Waals surface area contributed by atoms with Crippen LogP contribution in [0.15, 0.2) is 73.4 Å². The number of fused-ring (bicyclic) bond motifs is 2. The molecule has 0 radical (unpaired) electrons. The molecule has 0 fully saturated rings. The van der Waals surface area contributed by atoms with Gasteiger partial charge in [0.1, 0.15) is 17.0 Å². The first-order valence-corrected chi connectivity index (χ1v) is 9.62. The number of imidazole rings is 1. The smallest absolute Gasteiger partial charge is 0.159 e. The lowest BCUT2D eigenvalue weighted by Crippen LogP contribution is -1.89. The molecule has 0 bridgehead atoms. The number of benzene rings is 1. The van der Waals surface area contributed by atoms with Gasteiger partial charge in [0, 0.05) is 47.7 Å². The normalized spacial score (nSPS) is 11.4. The average molecular weight is 407 g/mol. The van der Waals surface area contributed by atoms with Crippen molar-refractivity contribution in [3.05, 3.63) is 79.3 Å². The number of pyridine rings is 3. The summed E-state index contributed by atoms with van der Waals surface area (Å²) in [5.74, 6) is 0.0916. The van der Waals surface area contributed by atoms with Crippen molar-refractivity contribution in [3.8, 4) is 33.9 Å². The van der Waals surface area contributed by atoms with Crippen LogP contribution in [0.3, 0.4) is 0 Å². The Morgan fingerprint density at radius 3 is 2.52 bits per heavy atom. The Kier molecular flexibility index (Phi) is 3.82. The van der Waals surface area contributed by atoms with Gasteiger partial charge in [-0.2, -0.15) is 5.10 Å². The average Bonchev–Trinajstić information content (AvgIpc) is 3.45. The first-order chi connectivity index (χ1) is 15.3. The molecule has 7 nitrogen and oxygen atoms in total. The van der Waals surface area contributed by atoms with Crippen LogP contribution in [0.4, 0.5) is 4.39 Å². The van der Waals surface area contributed by atoms with Gasteiger partial charge >= 0.3 is 0 Å². The van der Waals surface area contributed by atoms with E-state index in [0.717, 1.165) is 16.8 Å². The highest BCUT2D eigenvalue weighted by Gasteiger charge is 2.20. The Hall–Kier alpha value is -4.46. The van der Waals surface area contributed by atoms with Gasteiger partial charge in [-0.1, -0.05) is 6.07 Å². The van der Waals surface area contributed by atoms with Crippen LogP contribution in [0.25, 0.3) is 55.8 Å². The Bertz CT molecular complexity index is 1540. The third kappa shape index (κ3) is 2.77. The first-order valence-electron chi connectivity index (χ1n) is 9.62. The van der Waals surface area contributed by atoms with Gasteiger partial charge in [0.2, 0.25) is 0 Å². The van der Waals surface area contributed by atoms with Gasteiger partial charge in [0.05, 0.1) is 22.1 Å². The molecule has 148 valence electrons. The van der Waals surface area contributed by atoms with E-state index in [1.54, 1.807) is 43.1 Å². The van der Waals surface area contributed by atoms with E-state index in [2.05, 4.69) is 30.1 Å². The summed E-state index contributed by atoms with van der Waals surface area (Å²) in [5.41, 5.74) is 5.25. The van der Waals surface area contributed by atoms with Gasteiger partial charge in [-0.3, -0.25) is 20.1 Å². The molecule has 0 saturated heterocycles. The maximum Gasteiger partial charge on any atom is 0.159 e. The number of aromatic amines is 2. The summed E-state index contributed by atoms with van der Waals surface area (Å²) in [6.45, 7) is 0. The number of nitrogens with zero attached hydrogens (tertiary/aromatic N) is 5. The SMILES string of the molecule is Fc1c(-c2cccnc2)ccc2[nH]nc(-c3nc4c(-c5ccncc5)nccc4[nH]3)c12. The standard InChI is InChI=1S/C23H14FN7/c24-19-15(14-2-1-8-26-12-14)3-4-16-18(19)22(31-30-16)23-28-17-7-11-27-20(21(17)29-23)13-5-9-25-10-6-13/h1-12H,(H,28,29)(H,30,31). The predicted octanol–water partition coefficient (Wildman–Crippen LogP) is 4.76. The molecule has 5 heterocycles. The fourth-order valence-electron chi connectivity index (χ4n) is 3.76. The molecule has 0 amide bonds. The van der Waals surface area contributed by atoms with Gasteiger partial charge in [-0.05, 0) is 36.4 Å². The minimum Gasteiger partial charge on any atom is -0.336 e. The van der Waals surface area contributed by atoms with Crippen LogP contribution in [-0.2, 0) is 0 Å². The minimum absolute atomic E-state index is 0.373. The Morgan fingerprint density at radius 1 is 0.774 bits per heavy atom. The minimum atomic E-state index is -0.373. The monoisotopic (exact) mass is 407 g/mol. The molecule has 0 aliphatic carbocycles. The van der Waals surface area contributed by atoms with Gasteiger partial charge in [0.15, 0.2) is 5.82 Å². The lowest BCUT2D eigenvalue weighted by Gasteiger charge is -2.04. The molecule has 0 aliphatic rings. The maximum atomic E-state index is 15.6. The van der Waals surface area contributed by atoms with Gasteiger partial charge in [0.25, 0.3) is 0 Å². The van der Waals surface area contributed by atoms with Crippen molar-refractivity contribution in [2.75, 3.05) is 0 Å². The summed E-state index contributed by atoms with van der Waals surface area (Å²) in [5, 5.41) is 7.64. The van der Waals surface area contributed by atoms with Crippen LogP contribution >= 0.6 is 0 Å². The molecule has 1 aromatic carbocycles. The number of nitrogens with one attached hydrogen (secondary N) is 2. The molecule has 6 rings (SSSR count). The summed E-state index contributed by atoms with van der Waals surface area (Å²) < 4.78 is 15.6. The van der Waals surface area contributed by atoms with E-state index in [9.17, 15) is 0 Å². The molecule has 31 heavy (non-hydrogen) atoms. The van der Waals surface area contributed by atoms with Crippen molar-refractivity contribution in [1.29, 1.82) is 0 Å². The van der Waals surface area contributed by atoms with Crippen molar-refractivity contribution in [1.82, 2.24) is 35.1 Å². The van der Waals surface area contributed by atoms with Crippen LogP contribution in [0.5, 0.6) is 0 Å². The summed E-state index contributed by atoms with van der Waals surface area (Å²) >= 11 is 0. The largest absolute Gasteiger partial charge is 0.336 e. The molecule has 0 atom stereocenters. The zero-order valence-electron chi connectivity index (χ0n) is 16.0. The molecule has 6 aromatic rings. The fourth-order valence-corrected chi connectivity index (χ4v) is 3.76. The summed E-state index contributed by atoms with van der Waals surface area (Å²) in [6.07, 6.45) is 8.42. The third-order valence-corrected chi connectivity index (χ3v) is 5.22. The Labute approximate surface area is 175 Å². The third-order valence-electron chi connectivity index (χ3n) is 5.22. The second-order valence-corrected chi connectivity index (χ2v) is 7.04. The lowest BCUT2D eigenvalue weighted by molar-refractivity contribution is 0.643. The van der Waals surface area contributed by atoms with Crippen molar-refractivity contribution >= 4 is 21.9 Å². The fraction of sp³-hybridized carbons (Fsp3) is 0. The highest BCUT2D eigenvalue weighted by molar-refractivity contribution is 5.98. The molecule has 0 unspecified atom stereocenters. The molecule has 0 spiro atoms. The number of hydrogen-bond acceptors (Lipinski definition) is 5. The van der Waals surface area contributed by atoms with E-state index in [-0.39, 0.29) is 5.82 Å². The van der Waals surface area contributed by atoms with Crippen molar-refractivity contribution in [2.24, 2.45) is 0 Å². The van der Waals surface area contributed by atoms with Crippen LogP contribution in [0, 0.1) is 5.82 Å². The van der Waals surface area contributed by atoms with E-state index in [1.165, 1.54) is 0 Å². The molecule has 2 N–H and O–H groups in total. The molecule has 8 heteroatoms.